The van der Waals surface area contributed by atoms with E-state index in [1.165, 1.54) is 0 Å². The molecule has 0 aromatic heterocycles. The smallest absolute Gasteiger partial charge is 0.254 e. The number of hydrogen-bond acceptors (Lipinski definition) is 1. The number of benzene rings is 1. The molecule has 17 heavy (non-hydrogen) atoms. The lowest BCUT2D eigenvalue weighted by molar-refractivity contribution is 0.0749. The van der Waals surface area contributed by atoms with E-state index in [-0.39, 0.29) is 11.9 Å². The summed E-state index contributed by atoms with van der Waals surface area (Å²) in [5, 5.41) is 0.692. The summed E-state index contributed by atoms with van der Waals surface area (Å²) >= 11 is 11.8. The van der Waals surface area contributed by atoms with Crippen molar-refractivity contribution in [2.24, 2.45) is 0 Å². The Labute approximate surface area is 112 Å². The highest BCUT2D eigenvalue weighted by Crippen LogP contribution is 2.23. The first-order valence-corrected chi connectivity index (χ1v) is 6.68. The Balaban J connectivity index is 2.21. The van der Waals surface area contributed by atoms with Crippen molar-refractivity contribution >= 4 is 29.1 Å². The summed E-state index contributed by atoms with van der Waals surface area (Å²) in [6, 6.07) is 5.57. The second kappa shape index (κ2) is 5.28. The highest BCUT2D eigenvalue weighted by molar-refractivity contribution is 6.31. The van der Waals surface area contributed by atoms with Gasteiger partial charge in [-0.15, -0.1) is 11.6 Å². The van der Waals surface area contributed by atoms with Crippen molar-refractivity contribution in [1.82, 2.24) is 4.90 Å². The molecule has 92 valence electrons. The number of rotatable bonds is 2. The zero-order valence-corrected chi connectivity index (χ0v) is 11.3. The van der Waals surface area contributed by atoms with Crippen molar-refractivity contribution in [2.45, 2.75) is 25.8 Å². The molecule has 1 amide bonds. The standard InChI is InChI=1S/C13H15Cl2NO/c1-9-7-10(4-5-12(9)15)13(17)16-6-2-3-11(16)8-14/h4-5,7,11H,2-3,6,8H2,1H3. The van der Waals surface area contributed by atoms with Crippen LogP contribution in [0.15, 0.2) is 18.2 Å². The summed E-state index contributed by atoms with van der Waals surface area (Å²) in [4.78, 5) is 14.2. The zero-order chi connectivity index (χ0) is 12.4. The summed E-state index contributed by atoms with van der Waals surface area (Å²) in [5.41, 5.74) is 1.63. The minimum Gasteiger partial charge on any atom is -0.334 e. The Morgan fingerprint density at radius 2 is 2.29 bits per heavy atom. The average molecular weight is 272 g/mol. The van der Waals surface area contributed by atoms with Gasteiger partial charge in [0.2, 0.25) is 0 Å². The Morgan fingerprint density at radius 1 is 1.53 bits per heavy atom. The van der Waals surface area contributed by atoms with Crippen LogP contribution in [0.5, 0.6) is 0 Å². The molecule has 1 aromatic carbocycles. The number of nitrogens with zero attached hydrogens (tertiary/aromatic N) is 1. The zero-order valence-electron chi connectivity index (χ0n) is 9.75. The third-order valence-electron chi connectivity index (χ3n) is 3.22. The van der Waals surface area contributed by atoms with Crippen molar-refractivity contribution in [1.29, 1.82) is 0 Å². The Kier molecular flexibility index (Phi) is 3.95. The van der Waals surface area contributed by atoms with Gasteiger partial charge in [-0.2, -0.15) is 0 Å². The maximum atomic E-state index is 12.3. The van der Waals surface area contributed by atoms with Crippen LogP contribution in [0.3, 0.4) is 0 Å². The first-order valence-electron chi connectivity index (χ1n) is 5.76. The molecular formula is C13H15Cl2NO. The molecular weight excluding hydrogens is 257 g/mol. The fraction of sp³-hybridized carbons (Fsp3) is 0.462. The highest BCUT2D eigenvalue weighted by atomic mass is 35.5. The summed E-state index contributed by atoms with van der Waals surface area (Å²) in [6.45, 7) is 2.71. The van der Waals surface area contributed by atoms with Gasteiger partial charge in [-0.3, -0.25) is 4.79 Å². The van der Waals surface area contributed by atoms with Crippen molar-refractivity contribution in [2.75, 3.05) is 12.4 Å². The molecule has 2 rings (SSSR count). The van der Waals surface area contributed by atoms with Crippen LogP contribution in [0, 0.1) is 6.92 Å². The molecule has 0 bridgehead atoms. The van der Waals surface area contributed by atoms with Crippen molar-refractivity contribution in [3.63, 3.8) is 0 Å². The molecule has 1 saturated heterocycles. The van der Waals surface area contributed by atoms with Crippen LogP contribution in [-0.4, -0.2) is 29.3 Å². The lowest BCUT2D eigenvalue weighted by Crippen LogP contribution is -2.36. The minimum atomic E-state index is 0.0629. The number of carbonyl (C=O) groups excluding carboxylic acids is 1. The number of likely N-dealkylation sites (tertiary alicyclic amines) is 1. The largest absolute Gasteiger partial charge is 0.334 e. The molecule has 0 aliphatic carbocycles. The van der Waals surface area contributed by atoms with Gasteiger partial charge in [-0.1, -0.05) is 11.6 Å². The number of halogens is 2. The van der Waals surface area contributed by atoms with Crippen LogP contribution in [0.1, 0.15) is 28.8 Å². The normalized spacial score (nSPS) is 19.7. The van der Waals surface area contributed by atoms with Crippen molar-refractivity contribution in [3.05, 3.63) is 34.3 Å². The quantitative estimate of drug-likeness (QED) is 0.755. The van der Waals surface area contributed by atoms with E-state index in [0.29, 0.717) is 16.5 Å². The molecule has 1 unspecified atom stereocenters. The molecule has 1 aliphatic heterocycles. The van der Waals surface area contributed by atoms with Crippen LogP contribution in [0.2, 0.25) is 5.02 Å². The lowest BCUT2D eigenvalue weighted by Gasteiger charge is -2.23. The maximum Gasteiger partial charge on any atom is 0.254 e. The van der Waals surface area contributed by atoms with Gasteiger partial charge in [0.15, 0.2) is 0 Å². The van der Waals surface area contributed by atoms with Crippen molar-refractivity contribution < 1.29 is 4.79 Å². The first kappa shape index (κ1) is 12.7. The molecule has 0 radical (unpaired) electrons. The Hall–Kier alpha value is -0.730. The molecule has 0 saturated carbocycles. The minimum absolute atomic E-state index is 0.0629. The van der Waals surface area contributed by atoms with E-state index in [9.17, 15) is 4.79 Å². The summed E-state index contributed by atoms with van der Waals surface area (Å²) < 4.78 is 0. The van der Waals surface area contributed by atoms with Crippen LogP contribution in [0.4, 0.5) is 0 Å². The third kappa shape index (κ3) is 2.58. The van der Waals surface area contributed by atoms with E-state index in [4.69, 9.17) is 23.2 Å². The molecule has 1 fully saturated rings. The summed E-state index contributed by atoms with van der Waals surface area (Å²) in [7, 11) is 0. The van der Waals surface area contributed by atoms with Gasteiger partial charge in [-0.25, -0.2) is 0 Å². The van der Waals surface area contributed by atoms with Gasteiger partial charge in [0, 0.05) is 29.1 Å². The van der Waals surface area contributed by atoms with E-state index >= 15 is 0 Å². The lowest BCUT2D eigenvalue weighted by atomic mass is 10.1. The molecule has 1 aromatic rings. The summed E-state index contributed by atoms with van der Waals surface area (Å²) in [5.74, 6) is 0.575. The Bertz CT molecular complexity index is 433. The number of amides is 1. The van der Waals surface area contributed by atoms with Gasteiger partial charge in [0.25, 0.3) is 5.91 Å². The SMILES string of the molecule is Cc1cc(C(=O)N2CCCC2CCl)ccc1Cl. The maximum absolute atomic E-state index is 12.3. The Morgan fingerprint density at radius 3 is 2.94 bits per heavy atom. The predicted octanol–water partition coefficient (Wildman–Crippen LogP) is 3.49. The molecule has 1 atom stereocenters. The second-order valence-corrected chi connectivity index (χ2v) is 5.13. The van der Waals surface area contributed by atoms with Gasteiger partial charge in [0.05, 0.1) is 0 Å². The number of aryl methyl sites for hydroxylation is 1. The van der Waals surface area contributed by atoms with E-state index in [1.54, 1.807) is 12.1 Å². The van der Waals surface area contributed by atoms with Gasteiger partial charge >= 0.3 is 0 Å². The van der Waals surface area contributed by atoms with E-state index in [2.05, 4.69) is 0 Å². The topological polar surface area (TPSA) is 20.3 Å². The number of carbonyl (C=O) groups is 1. The highest BCUT2D eigenvalue weighted by Gasteiger charge is 2.28. The van der Waals surface area contributed by atoms with Gasteiger partial charge < -0.3 is 4.90 Å². The molecule has 1 aliphatic rings. The van der Waals surface area contributed by atoms with E-state index < -0.39 is 0 Å². The molecule has 0 N–H and O–H groups in total. The third-order valence-corrected chi connectivity index (χ3v) is 4.00. The van der Waals surface area contributed by atoms with Crippen LogP contribution in [0.25, 0.3) is 0 Å². The van der Waals surface area contributed by atoms with Crippen LogP contribution < -0.4 is 0 Å². The average Bonchev–Trinajstić information content (AvgIpc) is 2.80. The number of hydrogen-bond donors (Lipinski definition) is 0. The van der Waals surface area contributed by atoms with Gasteiger partial charge in [-0.05, 0) is 43.5 Å². The van der Waals surface area contributed by atoms with Crippen LogP contribution in [-0.2, 0) is 0 Å². The van der Waals surface area contributed by atoms with E-state index in [0.717, 1.165) is 24.9 Å². The molecule has 4 heteroatoms. The second-order valence-electron chi connectivity index (χ2n) is 4.41. The molecule has 0 spiro atoms. The fourth-order valence-corrected chi connectivity index (χ4v) is 2.65. The molecule has 2 nitrogen and oxygen atoms in total. The number of alkyl halides is 1. The molecule has 1 heterocycles. The van der Waals surface area contributed by atoms with Gasteiger partial charge in [0.1, 0.15) is 0 Å². The fourth-order valence-electron chi connectivity index (χ4n) is 2.21. The monoisotopic (exact) mass is 271 g/mol. The van der Waals surface area contributed by atoms with Crippen LogP contribution >= 0.6 is 23.2 Å². The predicted molar refractivity (Wildman–Crippen MR) is 71.0 cm³/mol. The van der Waals surface area contributed by atoms with E-state index in [1.807, 2.05) is 17.9 Å². The summed E-state index contributed by atoms with van der Waals surface area (Å²) in [6.07, 6.45) is 2.04. The first-order chi connectivity index (χ1) is 8.13. The van der Waals surface area contributed by atoms with Crippen molar-refractivity contribution in [3.8, 4) is 0 Å².